The zero-order chi connectivity index (χ0) is 12.1. The lowest BCUT2D eigenvalue weighted by Crippen LogP contribution is -1.99. The maximum absolute atomic E-state index is 9.56. The highest BCUT2D eigenvalue weighted by Crippen LogP contribution is 2.21. The minimum absolute atomic E-state index is 0.192. The molecule has 0 spiro atoms. The van der Waals surface area contributed by atoms with Gasteiger partial charge in [0.2, 0.25) is 0 Å². The molecule has 0 heterocycles. The molecule has 0 saturated carbocycles. The van der Waals surface area contributed by atoms with E-state index in [4.69, 9.17) is 0 Å². The van der Waals surface area contributed by atoms with E-state index >= 15 is 0 Å². The largest absolute Gasteiger partial charge is 0.506 e. The third kappa shape index (κ3) is 2.84. The summed E-state index contributed by atoms with van der Waals surface area (Å²) in [4.78, 5) is 0. The molecule has 3 nitrogen and oxygen atoms in total. The highest BCUT2D eigenvalue weighted by Gasteiger charge is 1.98. The van der Waals surface area contributed by atoms with Gasteiger partial charge in [-0.15, -0.1) is 0 Å². The Morgan fingerprint density at radius 3 is 2.35 bits per heavy atom. The lowest BCUT2D eigenvalue weighted by atomic mass is 10.1. The Kier molecular flexibility index (Phi) is 3.40. The summed E-state index contributed by atoms with van der Waals surface area (Å²) >= 11 is 0. The van der Waals surface area contributed by atoms with Gasteiger partial charge in [0.15, 0.2) is 0 Å². The van der Waals surface area contributed by atoms with Crippen LogP contribution in [0.25, 0.3) is 0 Å². The van der Waals surface area contributed by atoms with Crippen molar-refractivity contribution in [2.75, 3.05) is 5.43 Å². The van der Waals surface area contributed by atoms with Crippen LogP contribution in [0.4, 0.5) is 5.69 Å². The van der Waals surface area contributed by atoms with Crippen LogP contribution in [-0.2, 0) is 0 Å². The second-order valence-corrected chi connectivity index (χ2v) is 3.69. The van der Waals surface area contributed by atoms with Gasteiger partial charge in [0.05, 0.1) is 11.4 Å². The highest BCUT2D eigenvalue weighted by atomic mass is 16.3. The van der Waals surface area contributed by atoms with Crippen molar-refractivity contribution in [2.45, 2.75) is 6.92 Å². The Balaban J connectivity index is 2.14. The number of para-hydroxylation sites is 2. The van der Waals surface area contributed by atoms with Crippen LogP contribution in [0.3, 0.4) is 0 Å². The van der Waals surface area contributed by atoms with Gasteiger partial charge in [0, 0.05) is 0 Å². The number of nitrogens with zero attached hydrogens (tertiary/aromatic N) is 1. The SMILES string of the molecule is C/C(=N\Nc1ccccc1O)c1ccccc1. The van der Waals surface area contributed by atoms with Crippen LogP contribution in [0.1, 0.15) is 12.5 Å². The van der Waals surface area contributed by atoms with Gasteiger partial charge in [-0.05, 0) is 24.6 Å². The van der Waals surface area contributed by atoms with Crippen molar-refractivity contribution in [3.8, 4) is 5.75 Å². The van der Waals surface area contributed by atoms with E-state index in [2.05, 4.69) is 10.5 Å². The molecule has 2 rings (SSSR count). The lowest BCUT2D eigenvalue weighted by Gasteiger charge is -2.05. The summed E-state index contributed by atoms with van der Waals surface area (Å²) in [6.07, 6.45) is 0. The maximum Gasteiger partial charge on any atom is 0.140 e. The highest BCUT2D eigenvalue weighted by molar-refractivity contribution is 5.99. The molecular weight excluding hydrogens is 212 g/mol. The van der Waals surface area contributed by atoms with E-state index in [1.807, 2.05) is 43.3 Å². The number of rotatable bonds is 3. The van der Waals surface area contributed by atoms with Crippen molar-refractivity contribution >= 4 is 11.4 Å². The molecule has 0 aliphatic heterocycles. The predicted molar refractivity (Wildman–Crippen MR) is 70.4 cm³/mol. The van der Waals surface area contributed by atoms with E-state index < -0.39 is 0 Å². The Labute approximate surface area is 100 Å². The molecule has 0 aromatic heterocycles. The minimum atomic E-state index is 0.192. The molecule has 0 aliphatic rings. The smallest absolute Gasteiger partial charge is 0.140 e. The first kappa shape index (κ1) is 11.2. The molecule has 0 bridgehead atoms. The summed E-state index contributed by atoms with van der Waals surface area (Å²) in [5.74, 6) is 0.192. The predicted octanol–water partition coefficient (Wildman–Crippen LogP) is 3.23. The summed E-state index contributed by atoms with van der Waals surface area (Å²) < 4.78 is 0. The zero-order valence-electron chi connectivity index (χ0n) is 9.59. The van der Waals surface area contributed by atoms with E-state index in [1.54, 1.807) is 18.2 Å². The summed E-state index contributed by atoms with van der Waals surface area (Å²) in [5, 5.41) is 13.8. The van der Waals surface area contributed by atoms with Gasteiger partial charge in [-0.3, -0.25) is 5.43 Å². The number of benzene rings is 2. The van der Waals surface area contributed by atoms with Gasteiger partial charge in [0.1, 0.15) is 5.75 Å². The van der Waals surface area contributed by atoms with Gasteiger partial charge in [0.25, 0.3) is 0 Å². The molecule has 3 heteroatoms. The van der Waals surface area contributed by atoms with Gasteiger partial charge in [-0.1, -0.05) is 42.5 Å². The fourth-order valence-corrected chi connectivity index (χ4v) is 1.46. The lowest BCUT2D eigenvalue weighted by molar-refractivity contribution is 0.477. The zero-order valence-corrected chi connectivity index (χ0v) is 9.59. The monoisotopic (exact) mass is 226 g/mol. The molecule has 0 fully saturated rings. The van der Waals surface area contributed by atoms with Crippen molar-refractivity contribution in [3.05, 3.63) is 60.2 Å². The van der Waals surface area contributed by atoms with Crippen LogP contribution in [-0.4, -0.2) is 10.8 Å². The molecule has 0 unspecified atom stereocenters. The maximum atomic E-state index is 9.56. The van der Waals surface area contributed by atoms with Gasteiger partial charge >= 0.3 is 0 Å². The van der Waals surface area contributed by atoms with Gasteiger partial charge in [-0.2, -0.15) is 5.10 Å². The van der Waals surface area contributed by atoms with Crippen LogP contribution in [0.2, 0.25) is 0 Å². The van der Waals surface area contributed by atoms with E-state index in [0.717, 1.165) is 11.3 Å². The van der Waals surface area contributed by atoms with Crippen molar-refractivity contribution < 1.29 is 5.11 Å². The molecular formula is C14H14N2O. The number of hydrazone groups is 1. The van der Waals surface area contributed by atoms with Crippen molar-refractivity contribution in [1.29, 1.82) is 0 Å². The molecule has 86 valence electrons. The number of anilines is 1. The van der Waals surface area contributed by atoms with Crippen LogP contribution >= 0.6 is 0 Å². The standard InChI is InChI=1S/C14H14N2O/c1-11(12-7-3-2-4-8-12)15-16-13-9-5-6-10-14(13)17/h2-10,16-17H,1H3/b15-11+. The fourth-order valence-electron chi connectivity index (χ4n) is 1.46. The van der Waals surface area contributed by atoms with E-state index in [1.165, 1.54) is 0 Å². The summed E-state index contributed by atoms with van der Waals surface area (Å²) in [6, 6.07) is 16.9. The molecule has 2 N–H and O–H groups in total. The van der Waals surface area contributed by atoms with Crippen LogP contribution < -0.4 is 5.43 Å². The molecule has 0 saturated heterocycles. The minimum Gasteiger partial charge on any atom is -0.506 e. The van der Waals surface area contributed by atoms with Gasteiger partial charge in [-0.25, -0.2) is 0 Å². The molecule has 0 atom stereocenters. The molecule has 0 aliphatic carbocycles. The first-order valence-corrected chi connectivity index (χ1v) is 5.41. The summed E-state index contributed by atoms with van der Waals surface area (Å²) in [7, 11) is 0. The molecule has 0 radical (unpaired) electrons. The Bertz CT molecular complexity index is 521. The Morgan fingerprint density at radius 1 is 1.00 bits per heavy atom. The number of phenolic OH excluding ortho intramolecular Hbond substituents is 1. The molecule has 17 heavy (non-hydrogen) atoms. The quantitative estimate of drug-likeness (QED) is 0.479. The summed E-state index contributed by atoms with van der Waals surface area (Å²) in [5.41, 5.74) is 5.37. The fraction of sp³-hybridized carbons (Fsp3) is 0.0714. The Hall–Kier alpha value is -2.29. The second kappa shape index (κ2) is 5.16. The first-order valence-electron chi connectivity index (χ1n) is 5.41. The van der Waals surface area contributed by atoms with Gasteiger partial charge < -0.3 is 5.11 Å². The number of hydrogen-bond acceptors (Lipinski definition) is 3. The van der Waals surface area contributed by atoms with Crippen LogP contribution in [0, 0.1) is 0 Å². The van der Waals surface area contributed by atoms with E-state index in [9.17, 15) is 5.11 Å². The molecule has 2 aromatic carbocycles. The number of hydrogen-bond donors (Lipinski definition) is 2. The van der Waals surface area contributed by atoms with Crippen molar-refractivity contribution in [2.24, 2.45) is 5.10 Å². The third-order valence-corrected chi connectivity index (χ3v) is 2.44. The summed E-state index contributed by atoms with van der Waals surface area (Å²) in [6.45, 7) is 1.92. The average molecular weight is 226 g/mol. The number of nitrogens with one attached hydrogen (secondary N) is 1. The Morgan fingerprint density at radius 2 is 1.65 bits per heavy atom. The number of phenols is 1. The van der Waals surface area contributed by atoms with E-state index in [0.29, 0.717) is 5.69 Å². The second-order valence-electron chi connectivity index (χ2n) is 3.69. The number of aromatic hydroxyl groups is 1. The normalized spacial score (nSPS) is 11.2. The van der Waals surface area contributed by atoms with Crippen LogP contribution in [0.15, 0.2) is 59.7 Å². The molecule has 0 amide bonds. The van der Waals surface area contributed by atoms with Crippen molar-refractivity contribution in [3.63, 3.8) is 0 Å². The first-order chi connectivity index (χ1) is 8.27. The van der Waals surface area contributed by atoms with Crippen LogP contribution in [0.5, 0.6) is 5.75 Å². The van der Waals surface area contributed by atoms with Crippen molar-refractivity contribution in [1.82, 2.24) is 0 Å². The van der Waals surface area contributed by atoms with E-state index in [-0.39, 0.29) is 5.75 Å². The molecule has 2 aromatic rings. The third-order valence-electron chi connectivity index (χ3n) is 2.44. The topological polar surface area (TPSA) is 44.6 Å². The average Bonchev–Trinajstić information content (AvgIpc) is 2.38.